The van der Waals surface area contributed by atoms with Gasteiger partial charge < -0.3 is 19.9 Å². The standard InChI is InChI=1S/C18H23N3O3/c1-12-7-16(24-20-12)9-14-10-21(11-17(14)23-2)18(22)8-13-3-5-15(19)6-4-13/h3-7,14,17H,8-11,19H2,1-2H3/t14-,17+/m1/s1. The van der Waals surface area contributed by atoms with Gasteiger partial charge in [-0.3, -0.25) is 4.79 Å². The zero-order chi connectivity index (χ0) is 17.1. The Kier molecular flexibility index (Phi) is 4.85. The summed E-state index contributed by atoms with van der Waals surface area (Å²) in [5.74, 6) is 1.17. The molecule has 6 heteroatoms. The first-order valence-corrected chi connectivity index (χ1v) is 8.12. The van der Waals surface area contributed by atoms with Crippen LogP contribution in [0.3, 0.4) is 0 Å². The molecular weight excluding hydrogens is 306 g/mol. The first kappa shape index (κ1) is 16.5. The number of carbonyl (C=O) groups excluding carboxylic acids is 1. The normalized spacial score (nSPS) is 20.5. The number of likely N-dealkylation sites (tertiary alicyclic amines) is 1. The third kappa shape index (κ3) is 3.76. The summed E-state index contributed by atoms with van der Waals surface area (Å²) in [5, 5.41) is 3.92. The number of benzene rings is 1. The summed E-state index contributed by atoms with van der Waals surface area (Å²) >= 11 is 0. The van der Waals surface area contributed by atoms with E-state index >= 15 is 0 Å². The molecule has 0 unspecified atom stereocenters. The van der Waals surface area contributed by atoms with Crippen LogP contribution in [0.4, 0.5) is 5.69 Å². The van der Waals surface area contributed by atoms with Crippen molar-refractivity contribution in [2.75, 3.05) is 25.9 Å². The number of amides is 1. The SMILES string of the molecule is CO[C@H]1CN(C(=O)Cc2ccc(N)cc2)C[C@H]1Cc1cc(C)no1. The topological polar surface area (TPSA) is 81.6 Å². The molecule has 0 bridgehead atoms. The number of methoxy groups -OCH3 is 1. The number of rotatable bonds is 5. The van der Waals surface area contributed by atoms with Gasteiger partial charge in [0, 0.05) is 44.3 Å². The Morgan fingerprint density at radius 1 is 1.38 bits per heavy atom. The number of nitrogens with zero attached hydrogens (tertiary/aromatic N) is 2. The van der Waals surface area contributed by atoms with Crippen molar-refractivity contribution in [2.24, 2.45) is 5.92 Å². The fourth-order valence-corrected chi connectivity index (χ4v) is 3.20. The van der Waals surface area contributed by atoms with Crippen LogP contribution in [0.25, 0.3) is 0 Å². The lowest BCUT2D eigenvalue weighted by Crippen LogP contribution is -2.31. The summed E-state index contributed by atoms with van der Waals surface area (Å²) in [6.45, 7) is 3.19. The number of ether oxygens (including phenoxy) is 1. The molecule has 1 aliphatic heterocycles. The molecule has 2 aromatic rings. The molecule has 0 radical (unpaired) electrons. The van der Waals surface area contributed by atoms with Crippen molar-refractivity contribution in [3.63, 3.8) is 0 Å². The largest absolute Gasteiger partial charge is 0.399 e. The minimum absolute atomic E-state index is 0.0192. The number of nitrogens with two attached hydrogens (primary N) is 1. The van der Waals surface area contributed by atoms with E-state index < -0.39 is 0 Å². The van der Waals surface area contributed by atoms with Gasteiger partial charge in [-0.15, -0.1) is 0 Å². The average Bonchev–Trinajstić information content (AvgIpc) is 3.16. The summed E-state index contributed by atoms with van der Waals surface area (Å²) in [6, 6.07) is 9.36. The van der Waals surface area contributed by atoms with E-state index in [-0.39, 0.29) is 17.9 Å². The lowest BCUT2D eigenvalue weighted by Gasteiger charge is -2.16. The van der Waals surface area contributed by atoms with Crippen LogP contribution < -0.4 is 5.73 Å². The first-order chi connectivity index (χ1) is 11.5. The molecule has 1 saturated heterocycles. The number of hydrogen-bond donors (Lipinski definition) is 1. The molecule has 1 aromatic carbocycles. The quantitative estimate of drug-likeness (QED) is 0.846. The van der Waals surface area contributed by atoms with Crippen LogP contribution in [0.1, 0.15) is 17.0 Å². The highest BCUT2D eigenvalue weighted by molar-refractivity contribution is 5.79. The summed E-state index contributed by atoms with van der Waals surface area (Å²) in [6.07, 6.45) is 1.13. The van der Waals surface area contributed by atoms with Gasteiger partial charge in [0.2, 0.25) is 5.91 Å². The van der Waals surface area contributed by atoms with Crippen molar-refractivity contribution in [1.82, 2.24) is 10.1 Å². The summed E-state index contributed by atoms with van der Waals surface area (Å²) in [5.41, 5.74) is 8.22. The van der Waals surface area contributed by atoms with E-state index in [0.29, 0.717) is 25.2 Å². The van der Waals surface area contributed by atoms with Gasteiger partial charge in [0.15, 0.2) is 0 Å². The maximum Gasteiger partial charge on any atom is 0.227 e. The number of carbonyl (C=O) groups is 1. The van der Waals surface area contributed by atoms with Gasteiger partial charge in [-0.2, -0.15) is 0 Å². The smallest absolute Gasteiger partial charge is 0.227 e. The third-order valence-electron chi connectivity index (χ3n) is 4.51. The van der Waals surface area contributed by atoms with Crippen LogP contribution in [0.2, 0.25) is 0 Å². The second-order valence-electron chi connectivity index (χ2n) is 6.39. The van der Waals surface area contributed by atoms with Crippen LogP contribution in [-0.4, -0.2) is 42.3 Å². The molecule has 2 N–H and O–H groups in total. The molecule has 2 heterocycles. The van der Waals surface area contributed by atoms with Crippen LogP contribution in [0.15, 0.2) is 34.9 Å². The second-order valence-corrected chi connectivity index (χ2v) is 6.39. The number of hydrogen-bond acceptors (Lipinski definition) is 5. The predicted octanol–water partition coefficient (Wildman–Crippen LogP) is 1.82. The summed E-state index contributed by atoms with van der Waals surface area (Å²) < 4.78 is 10.9. The Morgan fingerprint density at radius 2 is 2.12 bits per heavy atom. The zero-order valence-electron chi connectivity index (χ0n) is 14.1. The molecule has 1 amide bonds. The van der Waals surface area contributed by atoms with Gasteiger partial charge in [-0.1, -0.05) is 17.3 Å². The van der Waals surface area contributed by atoms with E-state index in [0.717, 1.165) is 23.4 Å². The molecule has 6 nitrogen and oxygen atoms in total. The van der Waals surface area contributed by atoms with E-state index in [2.05, 4.69) is 5.16 Å². The molecule has 1 fully saturated rings. The first-order valence-electron chi connectivity index (χ1n) is 8.12. The molecule has 3 rings (SSSR count). The lowest BCUT2D eigenvalue weighted by atomic mass is 10.0. The number of aryl methyl sites for hydroxylation is 1. The second kappa shape index (κ2) is 7.05. The van der Waals surface area contributed by atoms with Crippen LogP contribution in [-0.2, 0) is 22.4 Å². The van der Waals surface area contributed by atoms with Crippen molar-refractivity contribution in [3.8, 4) is 0 Å². The molecule has 128 valence electrons. The van der Waals surface area contributed by atoms with Crippen molar-refractivity contribution < 1.29 is 14.1 Å². The van der Waals surface area contributed by atoms with E-state index in [4.69, 9.17) is 15.0 Å². The zero-order valence-corrected chi connectivity index (χ0v) is 14.1. The number of aromatic nitrogens is 1. The molecule has 0 aliphatic carbocycles. The van der Waals surface area contributed by atoms with Crippen molar-refractivity contribution in [1.29, 1.82) is 0 Å². The Hall–Kier alpha value is -2.34. The molecule has 1 aromatic heterocycles. The maximum absolute atomic E-state index is 12.6. The monoisotopic (exact) mass is 329 g/mol. The van der Waals surface area contributed by atoms with Gasteiger partial charge in [-0.05, 0) is 24.6 Å². The summed E-state index contributed by atoms with van der Waals surface area (Å²) in [7, 11) is 1.69. The fraction of sp³-hybridized carbons (Fsp3) is 0.444. The minimum atomic E-state index is 0.0192. The Balaban J connectivity index is 1.62. The van der Waals surface area contributed by atoms with E-state index in [9.17, 15) is 4.79 Å². The highest BCUT2D eigenvalue weighted by atomic mass is 16.5. The van der Waals surface area contributed by atoms with Gasteiger partial charge in [-0.25, -0.2) is 0 Å². The van der Waals surface area contributed by atoms with Crippen molar-refractivity contribution in [3.05, 3.63) is 47.3 Å². The molecule has 0 spiro atoms. The van der Waals surface area contributed by atoms with Crippen LogP contribution in [0, 0.1) is 12.8 Å². The maximum atomic E-state index is 12.6. The highest BCUT2D eigenvalue weighted by Crippen LogP contribution is 2.24. The lowest BCUT2D eigenvalue weighted by molar-refractivity contribution is -0.129. The molecule has 2 atom stereocenters. The van der Waals surface area contributed by atoms with Crippen molar-refractivity contribution in [2.45, 2.75) is 25.9 Å². The summed E-state index contributed by atoms with van der Waals surface area (Å²) in [4.78, 5) is 14.4. The van der Waals surface area contributed by atoms with E-state index in [1.165, 1.54) is 0 Å². The van der Waals surface area contributed by atoms with Crippen LogP contribution in [0.5, 0.6) is 0 Å². The number of anilines is 1. The molecule has 1 aliphatic rings. The van der Waals surface area contributed by atoms with Gasteiger partial charge in [0.25, 0.3) is 0 Å². The number of nitrogen functional groups attached to an aromatic ring is 1. The molecule has 24 heavy (non-hydrogen) atoms. The van der Waals surface area contributed by atoms with E-state index in [1.54, 1.807) is 7.11 Å². The van der Waals surface area contributed by atoms with Gasteiger partial charge >= 0.3 is 0 Å². The molecule has 0 saturated carbocycles. The minimum Gasteiger partial charge on any atom is -0.399 e. The third-order valence-corrected chi connectivity index (χ3v) is 4.51. The highest BCUT2D eigenvalue weighted by Gasteiger charge is 2.35. The average molecular weight is 329 g/mol. The predicted molar refractivity (Wildman–Crippen MR) is 90.4 cm³/mol. The Bertz CT molecular complexity index is 696. The van der Waals surface area contributed by atoms with Gasteiger partial charge in [0.05, 0.1) is 18.2 Å². The Morgan fingerprint density at radius 3 is 2.75 bits per heavy atom. The fourth-order valence-electron chi connectivity index (χ4n) is 3.20. The van der Waals surface area contributed by atoms with Gasteiger partial charge in [0.1, 0.15) is 5.76 Å². The van der Waals surface area contributed by atoms with E-state index in [1.807, 2.05) is 42.2 Å². The van der Waals surface area contributed by atoms with Crippen molar-refractivity contribution >= 4 is 11.6 Å². The molecular formula is C18H23N3O3. The Labute approximate surface area is 141 Å². The van der Waals surface area contributed by atoms with Crippen LogP contribution >= 0.6 is 0 Å².